The summed E-state index contributed by atoms with van der Waals surface area (Å²) >= 11 is 0. The number of halogens is 1. The van der Waals surface area contributed by atoms with E-state index in [4.69, 9.17) is 0 Å². The van der Waals surface area contributed by atoms with E-state index in [1.165, 1.54) is 12.3 Å². The number of amides is 2. The van der Waals surface area contributed by atoms with Gasteiger partial charge in [0, 0.05) is 28.9 Å². The summed E-state index contributed by atoms with van der Waals surface area (Å²) in [6, 6.07) is 6.26. The van der Waals surface area contributed by atoms with Crippen molar-refractivity contribution in [2.75, 3.05) is 0 Å². The van der Waals surface area contributed by atoms with E-state index in [2.05, 4.69) is 43.6 Å². The third-order valence-corrected chi connectivity index (χ3v) is 3.91. The maximum atomic E-state index is 13.5. The Morgan fingerprint density at radius 2 is 1.83 bits per heavy atom. The minimum atomic E-state index is -0.312. The van der Waals surface area contributed by atoms with Crippen LogP contribution in [0.15, 0.2) is 30.5 Å². The number of rotatable bonds is 3. The molecule has 1 fully saturated rings. The monoisotopic (exact) mass is 319 g/mol. The molecule has 5 heteroatoms. The first-order chi connectivity index (χ1) is 10.7. The van der Waals surface area contributed by atoms with E-state index in [1.54, 1.807) is 24.3 Å². The Balaban J connectivity index is 1.89. The Morgan fingerprint density at radius 1 is 1.22 bits per heavy atom. The molecule has 0 saturated carbocycles. The van der Waals surface area contributed by atoms with Gasteiger partial charge in [-0.3, -0.25) is 0 Å². The van der Waals surface area contributed by atoms with Crippen LogP contribution in [-0.4, -0.2) is 23.2 Å². The molecule has 1 aliphatic rings. The van der Waals surface area contributed by atoms with E-state index in [9.17, 15) is 9.18 Å². The van der Waals surface area contributed by atoms with Gasteiger partial charge in [-0.05, 0) is 52.7 Å². The van der Waals surface area contributed by atoms with Crippen LogP contribution in [-0.2, 0) is 0 Å². The molecule has 2 amide bonds. The second kappa shape index (κ2) is 6.71. The Bertz CT molecular complexity index is 580. The fourth-order valence-electron chi connectivity index (χ4n) is 3.47. The summed E-state index contributed by atoms with van der Waals surface area (Å²) in [6.45, 7) is 8.55. The van der Waals surface area contributed by atoms with Gasteiger partial charge in [0.25, 0.3) is 0 Å². The summed E-state index contributed by atoms with van der Waals surface area (Å²) in [7, 11) is 0. The molecule has 1 aliphatic heterocycles. The molecule has 0 atom stereocenters. The Kier molecular flexibility index (Phi) is 5.09. The van der Waals surface area contributed by atoms with Gasteiger partial charge in [-0.25, -0.2) is 9.18 Å². The molecule has 0 spiro atoms. The second-order valence-electron chi connectivity index (χ2n) is 7.47. The van der Waals surface area contributed by atoms with Gasteiger partial charge in [0.05, 0.1) is 0 Å². The fraction of sp³-hybridized carbons (Fsp3) is 0.500. The molecule has 0 aromatic heterocycles. The third-order valence-electron chi connectivity index (χ3n) is 3.91. The molecule has 0 aliphatic carbocycles. The fourth-order valence-corrected chi connectivity index (χ4v) is 3.47. The maximum Gasteiger partial charge on any atom is 0.318 e. The largest absolute Gasteiger partial charge is 0.335 e. The highest BCUT2D eigenvalue weighted by Gasteiger charge is 2.38. The molecule has 0 radical (unpaired) electrons. The van der Waals surface area contributed by atoms with Gasteiger partial charge in [-0.2, -0.15) is 0 Å². The highest BCUT2D eigenvalue weighted by Crippen LogP contribution is 2.28. The van der Waals surface area contributed by atoms with Crippen molar-refractivity contribution in [1.29, 1.82) is 0 Å². The average Bonchev–Trinajstić information content (AvgIpc) is 2.37. The van der Waals surface area contributed by atoms with Crippen molar-refractivity contribution in [2.45, 2.75) is 57.7 Å². The molecule has 2 rings (SSSR count). The molecule has 3 N–H and O–H groups in total. The van der Waals surface area contributed by atoms with Gasteiger partial charge in [-0.1, -0.05) is 18.2 Å². The molecule has 0 bridgehead atoms. The maximum absolute atomic E-state index is 13.5. The average molecular weight is 319 g/mol. The standard InChI is InChI=1S/C18H26FN3O/c1-17(2)11-14(12-18(3,4)22-17)21-16(23)20-10-9-13-7-5-6-8-15(13)19/h5-10,14,22H,11-12H2,1-4H3,(H2,20,21,23)/b10-9+. The second-order valence-corrected chi connectivity index (χ2v) is 7.47. The van der Waals surface area contributed by atoms with E-state index in [-0.39, 0.29) is 29.0 Å². The van der Waals surface area contributed by atoms with E-state index < -0.39 is 0 Å². The summed E-state index contributed by atoms with van der Waals surface area (Å²) in [5.41, 5.74) is 0.391. The van der Waals surface area contributed by atoms with Crippen LogP contribution >= 0.6 is 0 Å². The van der Waals surface area contributed by atoms with Crippen LogP contribution in [0.4, 0.5) is 9.18 Å². The summed E-state index contributed by atoms with van der Waals surface area (Å²) in [4.78, 5) is 12.0. The molecule has 0 unspecified atom stereocenters. The number of carbonyl (C=O) groups excluding carboxylic acids is 1. The van der Waals surface area contributed by atoms with Crippen LogP contribution in [0.25, 0.3) is 6.08 Å². The van der Waals surface area contributed by atoms with Crippen LogP contribution in [0, 0.1) is 5.82 Å². The lowest BCUT2D eigenvalue weighted by atomic mass is 9.80. The molecule has 1 aromatic rings. The van der Waals surface area contributed by atoms with Gasteiger partial charge < -0.3 is 16.0 Å². The topological polar surface area (TPSA) is 53.2 Å². The van der Waals surface area contributed by atoms with Crippen LogP contribution in [0.2, 0.25) is 0 Å². The number of nitrogens with one attached hydrogen (secondary N) is 3. The number of urea groups is 1. The molecule has 1 heterocycles. The molecule has 23 heavy (non-hydrogen) atoms. The zero-order chi connectivity index (χ0) is 17.1. The summed E-state index contributed by atoms with van der Waals surface area (Å²) in [5.74, 6) is -0.312. The summed E-state index contributed by atoms with van der Waals surface area (Å²) in [5, 5.41) is 9.22. The number of hydrogen-bond donors (Lipinski definition) is 3. The normalized spacial score (nSPS) is 20.4. The van der Waals surface area contributed by atoms with Crippen molar-refractivity contribution in [3.63, 3.8) is 0 Å². The van der Waals surface area contributed by atoms with Crippen molar-refractivity contribution in [1.82, 2.24) is 16.0 Å². The lowest BCUT2D eigenvalue weighted by molar-refractivity contribution is 0.148. The Labute approximate surface area is 137 Å². The Morgan fingerprint density at radius 3 is 2.43 bits per heavy atom. The highest BCUT2D eigenvalue weighted by atomic mass is 19.1. The third kappa shape index (κ3) is 5.36. The van der Waals surface area contributed by atoms with Crippen LogP contribution in [0.5, 0.6) is 0 Å². The molecule has 1 saturated heterocycles. The van der Waals surface area contributed by atoms with Crippen LogP contribution in [0.3, 0.4) is 0 Å². The molecule has 1 aromatic carbocycles. The number of benzene rings is 1. The van der Waals surface area contributed by atoms with E-state index in [0.29, 0.717) is 5.56 Å². The quantitative estimate of drug-likeness (QED) is 0.800. The number of piperidine rings is 1. The SMILES string of the molecule is CC1(C)CC(NC(=O)N/C=C/c2ccccc2F)CC(C)(C)N1. The van der Waals surface area contributed by atoms with Crippen LogP contribution in [0.1, 0.15) is 46.1 Å². The van der Waals surface area contributed by atoms with E-state index in [1.807, 2.05) is 0 Å². The van der Waals surface area contributed by atoms with Crippen molar-refractivity contribution in [3.8, 4) is 0 Å². The predicted molar refractivity (Wildman–Crippen MR) is 91.4 cm³/mol. The van der Waals surface area contributed by atoms with E-state index >= 15 is 0 Å². The lowest BCUT2D eigenvalue weighted by Gasteiger charge is -2.46. The summed E-state index contributed by atoms with van der Waals surface area (Å²) < 4.78 is 13.5. The summed E-state index contributed by atoms with van der Waals surface area (Å²) in [6.07, 6.45) is 4.73. The van der Waals surface area contributed by atoms with Crippen molar-refractivity contribution >= 4 is 12.1 Å². The minimum Gasteiger partial charge on any atom is -0.335 e. The minimum absolute atomic E-state index is 0.0251. The van der Waals surface area contributed by atoms with Gasteiger partial charge in [0.15, 0.2) is 0 Å². The Hall–Kier alpha value is -1.88. The molecule has 4 nitrogen and oxygen atoms in total. The number of hydrogen-bond acceptors (Lipinski definition) is 2. The first-order valence-electron chi connectivity index (χ1n) is 7.94. The lowest BCUT2D eigenvalue weighted by Crippen LogP contribution is -2.62. The van der Waals surface area contributed by atoms with Gasteiger partial charge in [-0.15, -0.1) is 0 Å². The highest BCUT2D eigenvalue weighted by molar-refractivity contribution is 5.76. The van der Waals surface area contributed by atoms with Gasteiger partial charge in [0.2, 0.25) is 0 Å². The van der Waals surface area contributed by atoms with E-state index in [0.717, 1.165) is 12.8 Å². The first-order valence-corrected chi connectivity index (χ1v) is 7.94. The van der Waals surface area contributed by atoms with Crippen LogP contribution < -0.4 is 16.0 Å². The van der Waals surface area contributed by atoms with Gasteiger partial charge in [0.1, 0.15) is 5.82 Å². The zero-order valence-electron chi connectivity index (χ0n) is 14.2. The van der Waals surface area contributed by atoms with Gasteiger partial charge >= 0.3 is 6.03 Å². The zero-order valence-corrected chi connectivity index (χ0v) is 14.2. The predicted octanol–water partition coefficient (Wildman–Crippen LogP) is 3.40. The van der Waals surface area contributed by atoms with Crippen molar-refractivity contribution in [2.24, 2.45) is 0 Å². The number of carbonyl (C=O) groups is 1. The molecule has 126 valence electrons. The smallest absolute Gasteiger partial charge is 0.318 e. The first kappa shape index (κ1) is 17.5. The molecular formula is C18H26FN3O. The van der Waals surface area contributed by atoms with Crippen molar-refractivity contribution < 1.29 is 9.18 Å². The molecular weight excluding hydrogens is 293 g/mol. The van der Waals surface area contributed by atoms with Crippen molar-refractivity contribution in [3.05, 3.63) is 41.8 Å².